The zero-order valence-corrected chi connectivity index (χ0v) is 11.5. The van der Waals surface area contributed by atoms with E-state index in [4.69, 9.17) is 4.42 Å². The molecule has 1 fully saturated rings. The van der Waals surface area contributed by atoms with Crippen molar-refractivity contribution in [1.82, 2.24) is 0 Å². The van der Waals surface area contributed by atoms with Gasteiger partial charge in [0.1, 0.15) is 11.9 Å². The van der Waals surface area contributed by atoms with Crippen molar-refractivity contribution in [3.63, 3.8) is 0 Å². The maximum atomic E-state index is 13.6. The highest BCUT2D eigenvalue weighted by molar-refractivity contribution is 5.78. The van der Waals surface area contributed by atoms with Crippen LogP contribution in [0.25, 0.3) is 11.0 Å². The number of benzene rings is 1. The summed E-state index contributed by atoms with van der Waals surface area (Å²) in [5.41, 5.74) is -1.04. The summed E-state index contributed by atoms with van der Waals surface area (Å²) in [5, 5.41) is 21.6. The summed E-state index contributed by atoms with van der Waals surface area (Å²) in [6, 6.07) is 6.25. The van der Waals surface area contributed by atoms with E-state index in [1.807, 2.05) is 0 Å². The van der Waals surface area contributed by atoms with E-state index in [2.05, 4.69) is 6.92 Å². The molecule has 108 valence electrons. The summed E-state index contributed by atoms with van der Waals surface area (Å²) >= 11 is 0. The van der Waals surface area contributed by atoms with Crippen LogP contribution in [0.4, 0.5) is 4.39 Å². The molecular formula is C16H19FO3. The van der Waals surface area contributed by atoms with Crippen LogP contribution in [0.1, 0.15) is 44.5 Å². The Morgan fingerprint density at radius 2 is 2.05 bits per heavy atom. The number of hydrogen-bond acceptors (Lipinski definition) is 3. The van der Waals surface area contributed by atoms with Crippen molar-refractivity contribution in [2.24, 2.45) is 5.92 Å². The third kappa shape index (κ3) is 2.23. The average Bonchev–Trinajstić information content (AvgIpc) is 2.87. The molecule has 0 bridgehead atoms. The molecule has 2 aromatic rings. The second-order valence-electron chi connectivity index (χ2n) is 6.00. The van der Waals surface area contributed by atoms with Gasteiger partial charge in [-0.3, -0.25) is 0 Å². The van der Waals surface area contributed by atoms with Crippen LogP contribution in [0.2, 0.25) is 0 Å². The van der Waals surface area contributed by atoms with E-state index in [1.54, 1.807) is 18.2 Å². The molecule has 0 radical (unpaired) electrons. The summed E-state index contributed by atoms with van der Waals surface area (Å²) in [7, 11) is 0. The lowest BCUT2D eigenvalue weighted by atomic mass is 9.76. The SMILES string of the molecule is CC1CCC(O)(C(O)c2cc3cccc(F)c3o2)CC1. The summed E-state index contributed by atoms with van der Waals surface area (Å²) < 4.78 is 19.0. The smallest absolute Gasteiger partial charge is 0.170 e. The first-order valence-electron chi connectivity index (χ1n) is 7.08. The Morgan fingerprint density at radius 3 is 2.70 bits per heavy atom. The lowest BCUT2D eigenvalue weighted by molar-refractivity contribution is -0.112. The summed E-state index contributed by atoms with van der Waals surface area (Å²) in [6.45, 7) is 2.14. The quantitative estimate of drug-likeness (QED) is 0.883. The molecule has 1 aromatic carbocycles. The topological polar surface area (TPSA) is 53.6 Å². The molecule has 1 aromatic heterocycles. The lowest BCUT2D eigenvalue weighted by Crippen LogP contribution is -2.39. The van der Waals surface area contributed by atoms with Crippen molar-refractivity contribution >= 4 is 11.0 Å². The predicted molar refractivity (Wildman–Crippen MR) is 73.7 cm³/mol. The van der Waals surface area contributed by atoms with Gasteiger partial charge in [-0.2, -0.15) is 0 Å². The molecule has 4 heteroatoms. The minimum Gasteiger partial charge on any atom is -0.455 e. The van der Waals surface area contributed by atoms with E-state index in [0.717, 1.165) is 12.8 Å². The molecule has 1 heterocycles. The van der Waals surface area contributed by atoms with Gasteiger partial charge in [-0.05, 0) is 43.7 Å². The number of aliphatic hydroxyl groups is 2. The highest BCUT2D eigenvalue weighted by Crippen LogP contribution is 2.41. The van der Waals surface area contributed by atoms with E-state index in [0.29, 0.717) is 24.1 Å². The molecule has 2 N–H and O–H groups in total. The molecule has 0 aliphatic heterocycles. The molecule has 1 aliphatic rings. The molecular weight excluding hydrogens is 259 g/mol. The van der Waals surface area contributed by atoms with Crippen molar-refractivity contribution in [2.75, 3.05) is 0 Å². The Bertz CT molecular complexity index is 611. The fourth-order valence-corrected chi connectivity index (χ4v) is 2.98. The van der Waals surface area contributed by atoms with Crippen LogP contribution in [0, 0.1) is 11.7 Å². The van der Waals surface area contributed by atoms with Crippen molar-refractivity contribution in [1.29, 1.82) is 0 Å². The summed E-state index contributed by atoms with van der Waals surface area (Å²) in [4.78, 5) is 0. The predicted octanol–water partition coefficient (Wildman–Crippen LogP) is 3.55. The number of para-hydroxylation sites is 1. The van der Waals surface area contributed by atoms with E-state index in [1.165, 1.54) is 6.07 Å². The van der Waals surface area contributed by atoms with Crippen LogP contribution in [0.15, 0.2) is 28.7 Å². The largest absolute Gasteiger partial charge is 0.455 e. The fourth-order valence-electron chi connectivity index (χ4n) is 2.98. The number of fused-ring (bicyclic) bond motifs is 1. The maximum absolute atomic E-state index is 13.6. The number of hydrogen-bond donors (Lipinski definition) is 2. The van der Waals surface area contributed by atoms with Gasteiger partial charge in [0.05, 0.1) is 5.60 Å². The van der Waals surface area contributed by atoms with Crippen LogP contribution >= 0.6 is 0 Å². The standard InChI is InChI=1S/C16H19FO3/c1-10-5-7-16(19,8-6-10)15(18)13-9-11-3-2-4-12(17)14(11)20-13/h2-4,9-10,15,18-19H,5-8H2,1H3. The van der Waals surface area contributed by atoms with E-state index in [-0.39, 0.29) is 11.3 Å². The second kappa shape index (κ2) is 4.86. The molecule has 0 amide bonds. The van der Waals surface area contributed by atoms with Crippen molar-refractivity contribution in [3.05, 3.63) is 35.8 Å². The first kappa shape index (κ1) is 13.6. The van der Waals surface area contributed by atoms with Gasteiger partial charge in [-0.1, -0.05) is 19.1 Å². The Balaban J connectivity index is 1.92. The molecule has 3 nitrogen and oxygen atoms in total. The van der Waals surface area contributed by atoms with Gasteiger partial charge in [-0.25, -0.2) is 4.39 Å². The van der Waals surface area contributed by atoms with Gasteiger partial charge in [0, 0.05) is 5.39 Å². The van der Waals surface area contributed by atoms with E-state index in [9.17, 15) is 14.6 Å². The lowest BCUT2D eigenvalue weighted by Gasteiger charge is -2.37. The molecule has 0 saturated heterocycles. The normalized spacial score (nSPS) is 28.7. The Labute approximate surface area is 117 Å². The van der Waals surface area contributed by atoms with Crippen LogP contribution in [-0.2, 0) is 0 Å². The number of rotatable bonds is 2. The van der Waals surface area contributed by atoms with Gasteiger partial charge in [-0.15, -0.1) is 0 Å². The zero-order chi connectivity index (χ0) is 14.3. The Kier molecular flexibility index (Phi) is 3.30. The average molecular weight is 278 g/mol. The van der Waals surface area contributed by atoms with Gasteiger partial charge >= 0.3 is 0 Å². The first-order chi connectivity index (χ1) is 9.49. The zero-order valence-electron chi connectivity index (χ0n) is 11.5. The van der Waals surface area contributed by atoms with Crippen LogP contribution in [0.3, 0.4) is 0 Å². The van der Waals surface area contributed by atoms with Gasteiger partial charge in [0.15, 0.2) is 11.4 Å². The number of halogens is 1. The van der Waals surface area contributed by atoms with Gasteiger partial charge < -0.3 is 14.6 Å². The molecule has 1 atom stereocenters. The van der Waals surface area contributed by atoms with Gasteiger partial charge in [0.25, 0.3) is 0 Å². The minimum absolute atomic E-state index is 0.134. The summed E-state index contributed by atoms with van der Waals surface area (Å²) in [5.74, 6) is 0.350. The van der Waals surface area contributed by atoms with Crippen molar-refractivity contribution < 1.29 is 19.0 Å². The third-order valence-corrected chi connectivity index (χ3v) is 4.43. The van der Waals surface area contributed by atoms with Crippen LogP contribution in [0.5, 0.6) is 0 Å². The Hall–Kier alpha value is -1.39. The third-order valence-electron chi connectivity index (χ3n) is 4.43. The molecule has 1 saturated carbocycles. The van der Waals surface area contributed by atoms with E-state index >= 15 is 0 Å². The summed E-state index contributed by atoms with van der Waals surface area (Å²) in [6.07, 6.45) is 1.72. The molecule has 1 aliphatic carbocycles. The number of furan rings is 1. The highest BCUT2D eigenvalue weighted by atomic mass is 19.1. The molecule has 20 heavy (non-hydrogen) atoms. The van der Waals surface area contributed by atoms with Crippen LogP contribution < -0.4 is 0 Å². The number of aliphatic hydroxyl groups excluding tert-OH is 1. The fraction of sp³-hybridized carbons (Fsp3) is 0.500. The molecule has 1 unspecified atom stereocenters. The highest BCUT2D eigenvalue weighted by Gasteiger charge is 2.41. The molecule has 3 rings (SSSR count). The molecule has 0 spiro atoms. The first-order valence-corrected chi connectivity index (χ1v) is 7.08. The maximum Gasteiger partial charge on any atom is 0.170 e. The van der Waals surface area contributed by atoms with Crippen molar-refractivity contribution in [3.8, 4) is 0 Å². The van der Waals surface area contributed by atoms with Gasteiger partial charge in [0.2, 0.25) is 0 Å². The van der Waals surface area contributed by atoms with Crippen LogP contribution in [-0.4, -0.2) is 15.8 Å². The second-order valence-corrected chi connectivity index (χ2v) is 6.00. The Morgan fingerprint density at radius 1 is 1.35 bits per heavy atom. The monoisotopic (exact) mass is 278 g/mol. The minimum atomic E-state index is -1.17. The van der Waals surface area contributed by atoms with Crippen molar-refractivity contribution in [2.45, 2.75) is 44.3 Å². The van der Waals surface area contributed by atoms with E-state index < -0.39 is 17.5 Å².